The molecule has 1 atom stereocenters. The van der Waals surface area contributed by atoms with Crippen molar-refractivity contribution in [3.05, 3.63) is 71.3 Å². The molecular formula is C23H24FN5O3. The molecule has 166 valence electrons. The van der Waals surface area contributed by atoms with E-state index in [0.717, 1.165) is 17.0 Å². The summed E-state index contributed by atoms with van der Waals surface area (Å²) < 4.78 is 26.2. The zero-order chi connectivity index (χ0) is 22.1. The number of benzene rings is 2. The van der Waals surface area contributed by atoms with Gasteiger partial charge in [-0.3, -0.25) is 4.79 Å². The highest BCUT2D eigenvalue weighted by Crippen LogP contribution is 2.28. The van der Waals surface area contributed by atoms with Crippen LogP contribution < -0.4 is 9.64 Å². The molecule has 8 nitrogen and oxygen atoms in total. The maximum Gasteiger partial charge on any atom is 0.276 e. The molecule has 2 aromatic carbocycles. The standard InChI is InChI=1S/C23H24FN5O3/c1-31-19-8-2-16(3-9-19)21-14-29-20(15-32-21)22(25-26-29)23(30)28-12-10-27(11-13-28)18-6-4-17(24)5-7-18/h2-9,21H,10-15H2,1H3. The molecule has 0 radical (unpaired) electrons. The number of methoxy groups -OCH3 is 1. The Morgan fingerprint density at radius 3 is 2.47 bits per heavy atom. The number of hydrogen-bond donors (Lipinski definition) is 0. The lowest BCUT2D eigenvalue weighted by Gasteiger charge is -2.36. The van der Waals surface area contributed by atoms with Crippen LogP contribution in [0, 0.1) is 5.82 Å². The fraction of sp³-hybridized carbons (Fsp3) is 0.348. The highest BCUT2D eigenvalue weighted by atomic mass is 19.1. The molecule has 0 aliphatic carbocycles. The van der Waals surface area contributed by atoms with Crippen molar-refractivity contribution in [2.75, 3.05) is 38.2 Å². The number of anilines is 1. The molecule has 1 unspecified atom stereocenters. The third-order valence-corrected chi connectivity index (χ3v) is 6.05. The van der Waals surface area contributed by atoms with E-state index < -0.39 is 0 Å². The number of rotatable bonds is 4. The van der Waals surface area contributed by atoms with E-state index in [1.165, 1.54) is 12.1 Å². The summed E-state index contributed by atoms with van der Waals surface area (Å²) in [5.74, 6) is 0.408. The van der Waals surface area contributed by atoms with Gasteiger partial charge in [0.15, 0.2) is 5.69 Å². The van der Waals surface area contributed by atoms with Gasteiger partial charge in [-0.25, -0.2) is 9.07 Å². The first-order valence-corrected chi connectivity index (χ1v) is 10.6. The molecule has 5 rings (SSSR count). The highest BCUT2D eigenvalue weighted by molar-refractivity contribution is 5.93. The highest BCUT2D eigenvalue weighted by Gasteiger charge is 2.31. The fourth-order valence-electron chi connectivity index (χ4n) is 4.17. The summed E-state index contributed by atoms with van der Waals surface area (Å²) in [6.07, 6.45) is -0.155. The Morgan fingerprint density at radius 2 is 1.78 bits per heavy atom. The van der Waals surface area contributed by atoms with E-state index in [4.69, 9.17) is 9.47 Å². The number of ether oxygens (including phenoxy) is 2. The molecule has 1 saturated heterocycles. The summed E-state index contributed by atoms with van der Waals surface area (Å²) in [5, 5.41) is 8.40. The van der Waals surface area contributed by atoms with E-state index in [1.54, 1.807) is 28.8 Å². The van der Waals surface area contributed by atoms with Gasteiger partial charge in [0, 0.05) is 31.9 Å². The molecule has 3 aromatic rings. The van der Waals surface area contributed by atoms with Gasteiger partial charge in [0.1, 0.15) is 17.7 Å². The van der Waals surface area contributed by atoms with Crippen molar-refractivity contribution in [2.45, 2.75) is 19.3 Å². The van der Waals surface area contributed by atoms with Crippen molar-refractivity contribution in [2.24, 2.45) is 0 Å². The number of amides is 1. The van der Waals surface area contributed by atoms with Gasteiger partial charge < -0.3 is 19.3 Å². The lowest BCUT2D eigenvalue weighted by atomic mass is 10.1. The van der Waals surface area contributed by atoms with Gasteiger partial charge >= 0.3 is 0 Å². The minimum absolute atomic E-state index is 0.128. The first-order valence-electron chi connectivity index (χ1n) is 10.6. The topological polar surface area (TPSA) is 72.7 Å². The Labute approximate surface area is 185 Å². The van der Waals surface area contributed by atoms with Crippen molar-refractivity contribution in [1.29, 1.82) is 0 Å². The molecule has 1 amide bonds. The number of carbonyl (C=O) groups excluding carboxylic acids is 1. The van der Waals surface area contributed by atoms with E-state index in [0.29, 0.717) is 44.1 Å². The van der Waals surface area contributed by atoms with Gasteiger partial charge in [0.05, 0.1) is 26.0 Å². The number of halogens is 1. The van der Waals surface area contributed by atoms with E-state index in [9.17, 15) is 9.18 Å². The number of fused-ring (bicyclic) bond motifs is 1. The van der Waals surface area contributed by atoms with Crippen LogP contribution in [-0.4, -0.2) is 59.1 Å². The second-order valence-corrected chi connectivity index (χ2v) is 7.90. The Kier molecular flexibility index (Phi) is 5.48. The summed E-state index contributed by atoms with van der Waals surface area (Å²) in [4.78, 5) is 17.1. The van der Waals surface area contributed by atoms with Crippen LogP contribution in [0.3, 0.4) is 0 Å². The van der Waals surface area contributed by atoms with E-state index in [2.05, 4.69) is 15.2 Å². The average Bonchev–Trinajstić information content (AvgIpc) is 3.27. The summed E-state index contributed by atoms with van der Waals surface area (Å²) >= 11 is 0. The molecule has 1 fully saturated rings. The van der Waals surface area contributed by atoms with Crippen LogP contribution in [0.4, 0.5) is 10.1 Å². The van der Waals surface area contributed by atoms with Gasteiger partial charge in [-0.2, -0.15) is 0 Å². The van der Waals surface area contributed by atoms with Crippen LogP contribution >= 0.6 is 0 Å². The molecule has 9 heteroatoms. The molecule has 3 heterocycles. The molecule has 0 spiro atoms. The number of aromatic nitrogens is 3. The van der Waals surface area contributed by atoms with Gasteiger partial charge in [-0.05, 0) is 42.0 Å². The van der Waals surface area contributed by atoms with Crippen LogP contribution in [0.1, 0.15) is 27.8 Å². The Bertz CT molecular complexity index is 1090. The van der Waals surface area contributed by atoms with E-state index >= 15 is 0 Å². The molecule has 2 aliphatic heterocycles. The maximum absolute atomic E-state index is 13.2. The third kappa shape index (κ3) is 3.91. The van der Waals surface area contributed by atoms with Crippen LogP contribution in [0.2, 0.25) is 0 Å². The minimum Gasteiger partial charge on any atom is -0.497 e. The van der Waals surface area contributed by atoms with E-state index in [-0.39, 0.29) is 24.4 Å². The quantitative estimate of drug-likeness (QED) is 0.625. The largest absolute Gasteiger partial charge is 0.497 e. The van der Waals surface area contributed by atoms with Gasteiger partial charge in [-0.1, -0.05) is 17.3 Å². The van der Waals surface area contributed by atoms with Crippen LogP contribution in [0.5, 0.6) is 5.75 Å². The summed E-state index contributed by atoms with van der Waals surface area (Å²) in [7, 11) is 1.63. The molecule has 32 heavy (non-hydrogen) atoms. The van der Waals surface area contributed by atoms with Crippen molar-refractivity contribution in [1.82, 2.24) is 19.9 Å². The number of nitrogens with zero attached hydrogens (tertiary/aromatic N) is 5. The fourth-order valence-corrected chi connectivity index (χ4v) is 4.17. The smallest absolute Gasteiger partial charge is 0.276 e. The van der Waals surface area contributed by atoms with Gasteiger partial charge in [0.2, 0.25) is 0 Å². The molecule has 0 N–H and O–H groups in total. The Hall–Kier alpha value is -3.46. The Balaban J connectivity index is 1.24. The number of hydrogen-bond acceptors (Lipinski definition) is 6. The van der Waals surface area contributed by atoms with Gasteiger partial charge in [-0.15, -0.1) is 5.10 Å². The predicted octanol–water partition coefficient (Wildman–Crippen LogP) is 2.66. The first-order chi connectivity index (χ1) is 15.6. The molecule has 2 aliphatic rings. The molecule has 0 bridgehead atoms. The van der Waals surface area contributed by atoms with Crippen molar-refractivity contribution in [3.63, 3.8) is 0 Å². The molecule has 0 saturated carbocycles. The summed E-state index contributed by atoms with van der Waals surface area (Å²) in [5.41, 5.74) is 3.04. The van der Waals surface area contributed by atoms with Crippen molar-refractivity contribution < 1.29 is 18.7 Å². The van der Waals surface area contributed by atoms with Gasteiger partial charge in [0.25, 0.3) is 5.91 Å². The first kappa shape index (κ1) is 20.4. The zero-order valence-corrected chi connectivity index (χ0v) is 17.8. The second-order valence-electron chi connectivity index (χ2n) is 7.90. The van der Waals surface area contributed by atoms with Crippen molar-refractivity contribution >= 4 is 11.6 Å². The average molecular weight is 437 g/mol. The third-order valence-electron chi connectivity index (χ3n) is 6.05. The monoisotopic (exact) mass is 437 g/mol. The summed E-state index contributed by atoms with van der Waals surface area (Å²) in [6, 6.07) is 14.2. The van der Waals surface area contributed by atoms with Crippen LogP contribution in [0.25, 0.3) is 0 Å². The lowest BCUT2D eigenvalue weighted by Crippen LogP contribution is -2.49. The molecule has 1 aromatic heterocycles. The lowest BCUT2D eigenvalue weighted by molar-refractivity contribution is -0.00198. The number of piperazine rings is 1. The van der Waals surface area contributed by atoms with Crippen molar-refractivity contribution in [3.8, 4) is 5.75 Å². The SMILES string of the molecule is COc1ccc(C2Cn3nnc(C(=O)N4CCN(c5ccc(F)cc5)CC4)c3CO2)cc1. The minimum atomic E-state index is -0.254. The summed E-state index contributed by atoms with van der Waals surface area (Å²) in [6.45, 7) is 3.27. The Morgan fingerprint density at radius 1 is 1.06 bits per heavy atom. The molecular weight excluding hydrogens is 413 g/mol. The second kappa shape index (κ2) is 8.58. The predicted molar refractivity (Wildman–Crippen MR) is 115 cm³/mol. The zero-order valence-electron chi connectivity index (χ0n) is 17.8. The van der Waals surface area contributed by atoms with E-state index in [1.807, 2.05) is 24.3 Å². The van der Waals surface area contributed by atoms with Crippen LogP contribution in [0.15, 0.2) is 48.5 Å². The van der Waals surface area contributed by atoms with Crippen LogP contribution in [-0.2, 0) is 17.9 Å². The maximum atomic E-state index is 13.2. The number of carbonyl (C=O) groups is 1. The normalized spacial score (nSPS) is 18.4.